The number of rotatable bonds is 7. The van der Waals surface area contributed by atoms with Gasteiger partial charge in [0.05, 0.1) is 7.11 Å². The smallest absolute Gasteiger partial charge is 0.251 e. The molecule has 0 atom stereocenters. The van der Waals surface area contributed by atoms with Crippen molar-refractivity contribution in [3.63, 3.8) is 0 Å². The van der Waals surface area contributed by atoms with Gasteiger partial charge < -0.3 is 15.0 Å². The molecule has 1 N–H and O–H groups in total. The summed E-state index contributed by atoms with van der Waals surface area (Å²) in [6, 6.07) is 13.3. The Hall–Kier alpha value is -2.82. The van der Waals surface area contributed by atoms with Gasteiger partial charge in [0.25, 0.3) is 5.91 Å². The van der Waals surface area contributed by atoms with Crippen LogP contribution in [-0.4, -0.2) is 37.4 Å². The van der Waals surface area contributed by atoms with Crippen LogP contribution >= 0.6 is 0 Å². The van der Waals surface area contributed by atoms with Gasteiger partial charge in [0.1, 0.15) is 5.75 Å². The van der Waals surface area contributed by atoms with Crippen molar-refractivity contribution in [3.05, 3.63) is 64.7 Å². The van der Waals surface area contributed by atoms with Crippen LogP contribution in [0.3, 0.4) is 0 Å². The molecule has 5 heteroatoms. The van der Waals surface area contributed by atoms with Crippen LogP contribution in [0.2, 0.25) is 0 Å². The van der Waals surface area contributed by atoms with E-state index in [-0.39, 0.29) is 18.2 Å². The van der Waals surface area contributed by atoms with Gasteiger partial charge in [0, 0.05) is 37.7 Å². The zero-order valence-electron chi connectivity index (χ0n) is 15.8. The minimum absolute atomic E-state index is 0.0290. The second-order valence-corrected chi connectivity index (χ2v) is 6.39. The molecule has 2 aromatic rings. The average molecular weight is 354 g/mol. The summed E-state index contributed by atoms with van der Waals surface area (Å²) < 4.78 is 5.36. The van der Waals surface area contributed by atoms with Crippen LogP contribution in [-0.2, 0) is 11.3 Å². The van der Waals surface area contributed by atoms with Crippen LogP contribution in [0.5, 0.6) is 5.75 Å². The van der Waals surface area contributed by atoms with E-state index < -0.39 is 0 Å². The van der Waals surface area contributed by atoms with Gasteiger partial charge in [-0.1, -0.05) is 35.9 Å². The summed E-state index contributed by atoms with van der Waals surface area (Å²) in [6.45, 7) is 4.67. The summed E-state index contributed by atoms with van der Waals surface area (Å²) in [7, 11) is 3.38. The first-order valence-corrected chi connectivity index (χ1v) is 8.63. The maximum Gasteiger partial charge on any atom is 0.251 e. The van der Waals surface area contributed by atoms with Crippen molar-refractivity contribution in [2.75, 3.05) is 20.7 Å². The fourth-order valence-corrected chi connectivity index (χ4v) is 2.77. The Morgan fingerprint density at radius 1 is 1.12 bits per heavy atom. The van der Waals surface area contributed by atoms with E-state index in [1.54, 1.807) is 25.1 Å². The first-order valence-electron chi connectivity index (χ1n) is 8.63. The zero-order chi connectivity index (χ0) is 19.1. The fourth-order valence-electron chi connectivity index (χ4n) is 2.77. The molecule has 0 saturated heterocycles. The van der Waals surface area contributed by atoms with Gasteiger partial charge in [0.2, 0.25) is 5.91 Å². The number of carbonyl (C=O) groups excluding carboxylic acids is 2. The van der Waals surface area contributed by atoms with Gasteiger partial charge >= 0.3 is 0 Å². The standard InChI is InChI=1S/C21H26N2O3/c1-15-9-10-19(26-4)17(13-15)14-23(3)20(24)11-12-22-21(25)18-8-6-5-7-16(18)2/h5-10,13H,11-12,14H2,1-4H3,(H,22,25). The number of benzene rings is 2. The van der Waals surface area contributed by atoms with Crippen LogP contribution in [0.1, 0.15) is 33.5 Å². The highest BCUT2D eigenvalue weighted by Crippen LogP contribution is 2.21. The van der Waals surface area contributed by atoms with Crippen molar-refractivity contribution >= 4 is 11.8 Å². The van der Waals surface area contributed by atoms with E-state index in [0.29, 0.717) is 18.7 Å². The van der Waals surface area contributed by atoms with E-state index >= 15 is 0 Å². The van der Waals surface area contributed by atoms with E-state index in [1.807, 2.05) is 50.2 Å². The summed E-state index contributed by atoms with van der Waals surface area (Å²) in [5.74, 6) is 0.584. The summed E-state index contributed by atoms with van der Waals surface area (Å²) in [4.78, 5) is 26.2. The first kappa shape index (κ1) is 19.5. The molecule has 138 valence electrons. The molecule has 0 aromatic heterocycles. The average Bonchev–Trinajstić information content (AvgIpc) is 2.62. The lowest BCUT2D eigenvalue weighted by molar-refractivity contribution is -0.130. The second kappa shape index (κ2) is 9.04. The third-order valence-electron chi connectivity index (χ3n) is 4.28. The lowest BCUT2D eigenvalue weighted by atomic mass is 10.1. The number of hydrogen-bond donors (Lipinski definition) is 1. The van der Waals surface area contributed by atoms with Crippen LogP contribution < -0.4 is 10.1 Å². The lowest BCUT2D eigenvalue weighted by Gasteiger charge is -2.19. The highest BCUT2D eigenvalue weighted by atomic mass is 16.5. The van der Waals surface area contributed by atoms with Crippen molar-refractivity contribution in [1.29, 1.82) is 0 Å². The zero-order valence-corrected chi connectivity index (χ0v) is 15.8. The first-order chi connectivity index (χ1) is 12.4. The number of amides is 2. The Bertz CT molecular complexity index is 787. The lowest BCUT2D eigenvalue weighted by Crippen LogP contribution is -2.32. The SMILES string of the molecule is COc1ccc(C)cc1CN(C)C(=O)CCNC(=O)c1ccccc1C. The Morgan fingerprint density at radius 3 is 2.54 bits per heavy atom. The number of hydrogen-bond acceptors (Lipinski definition) is 3. The largest absolute Gasteiger partial charge is 0.496 e. The van der Waals surface area contributed by atoms with Crippen molar-refractivity contribution in [3.8, 4) is 5.75 Å². The molecule has 0 saturated carbocycles. The molecule has 0 spiro atoms. The minimum atomic E-state index is -0.154. The van der Waals surface area contributed by atoms with Crippen molar-refractivity contribution in [2.45, 2.75) is 26.8 Å². The molecule has 0 aliphatic rings. The number of nitrogens with one attached hydrogen (secondary N) is 1. The third-order valence-corrected chi connectivity index (χ3v) is 4.28. The topological polar surface area (TPSA) is 58.6 Å². The number of nitrogens with zero attached hydrogens (tertiary/aromatic N) is 1. The predicted molar refractivity (Wildman–Crippen MR) is 102 cm³/mol. The molecule has 2 aromatic carbocycles. The molecule has 5 nitrogen and oxygen atoms in total. The second-order valence-electron chi connectivity index (χ2n) is 6.39. The van der Waals surface area contributed by atoms with Gasteiger partial charge in [-0.25, -0.2) is 0 Å². The molecule has 0 radical (unpaired) electrons. The quantitative estimate of drug-likeness (QED) is 0.831. The Balaban J connectivity index is 1.87. The van der Waals surface area contributed by atoms with E-state index in [1.165, 1.54) is 0 Å². The maximum absolute atomic E-state index is 12.4. The molecule has 0 aliphatic carbocycles. The monoisotopic (exact) mass is 354 g/mol. The highest BCUT2D eigenvalue weighted by molar-refractivity contribution is 5.95. The summed E-state index contributed by atoms with van der Waals surface area (Å²) in [5, 5.41) is 2.81. The molecule has 0 aliphatic heterocycles. The fraction of sp³-hybridized carbons (Fsp3) is 0.333. The van der Waals surface area contributed by atoms with Gasteiger partial charge in [-0.2, -0.15) is 0 Å². The maximum atomic E-state index is 12.4. The Morgan fingerprint density at radius 2 is 1.85 bits per heavy atom. The molecule has 26 heavy (non-hydrogen) atoms. The van der Waals surface area contributed by atoms with Gasteiger partial charge in [-0.05, 0) is 31.5 Å². The molecule has 0 unspecified atom stereocenters. The summed E-state index contributed by atoms with van der Waals surface area (Å²) in [5.41, 5.74) is 3.64. The highest BCUT2D eigenvalue weighted by Gasteiger charge is 2.13. The Labute approximate surface area is 155 Å². The predicted octanol–water partition coefficient (Wildman–Crippen LogP) is 3.09. The molecule has 0 bridgehead atoms. The minimum Gasteiger partial charge on any atom is -0.496 e. The summed E-state index contributed by atoms with van der Waals surface area (Å²) in [6.07, 6.45) is 0.252. The molecular weight excluding hydrogens is 328 g/mol. The molecular formula is C21H26N2O3. The van der Waals surface area contributed by atoms with Crippen LogP contribution in [0.4, 0.5) is 0 Å². The number of methoxy groups -OCH3 is 1. The Kier molecular flexibility index (Phi) is 6.78. The van der Waals surface area contributed by atoms with Gasteiger partial charge in [-0.3, -0.25) is 9.59 Å². The molecule has 2 amide bonds. The summed E-state index contributed by atoms with van der Waals surface area (Å²) >= 11 is 0. The molecule has 0 heterocycles. The van der Waals surface area contributed by atoms with Crippen LogP contribution in [0, 0.1) is 13.8 Å². The number of aryl methyl sites for hydroxylation is 2. The van der Waals surface area contributed by atoms with E-state index in [4.69, 9.17) is 4.74 Å². The molecule has 2 rings (SSSR count). The normalized spacial score (nSPS) is 10.3. The van der Waals surface area contributed by atoms with Gasteiger partial charge in [0.15, 0.2) is 0 Å². The van der Waals surface area contributed by atoms with Gasteiger partial charge in [-0.15, -0.1) is 0 Å². The number of ether oxygens (including phenoxy) is 1. The molecule has 0 fully saturated rings. The van der Waals surface area contributed by atoms with Crippen LogP contribution in [0.25, 0.3) is 0 Å². The number of carbonyl (C=O) groups is 2. The van der Waals surface area contributed by atoms with E-state index in [2.05, 4.69) is 5.32 Å². The van der Waals surface area contributed by atoms with E-state index in [9.17, 15) is 9.59 Å². The van der Waals surface area contributed by atoms with Crippen molar-refractivity contribution < 1.29 is 14.3 Å². The van der Waals surface area contributed by atoms with E-state index in [0.717, 1.165) is 22.4 Å². The van der Waals surface area contributed by atoms with Crippen molar-refractivity contribution in [2.24, 2.45) is 0 Å². The van der Waals surface area contributed by atoms with Crippen LogP contribution in [0.15, 0.2) is 42.5 Å². The van der Waals surface area contributed by atoms with Crippen molar-refractivity contribution in [1.82, 2.24) is 10.2 Å². The third kappa shape index (κ3) is 5.09.